The molecule has 0 radical (unpaired) electrons. The lowest BCUT2D eigenvalue weighted by Gasteiger charge is -2.12. The summed E-state index contributed by atoms with van der Waals surface area (Å²) < 4.78 is 32.0. The van der Waals surface area contributed by atoms with Gasteiger partial charge in [0.15, 0.2) is 0 Å². The van der Waals surface area contributed by atoms with E-state index < -0.39 is 5.97 Å². The molecule has 3 aromatic heterocycles. The molecule has 4 aromatic rings. The van der Waals surface area contributed by atoms with Crippen molar-refractivity contribution in [1.29, 1.82) is 0 Å². The Hall–Kier alpha value is -3.94. The van der Waals surface area contributed by atoms with Gasteiger partial charge >= 0.3 is 5.97 Å². The van der Waals surface area contributed by atoms with Gasteiger partial charge in [-0.15, -0.1) is 0 Å². The number of fused-ring (bicyclic) bond motifs is 1. The molecular weight excluding hydrogens is 401 g/mol. The summed E-state index contributed by atoms with van der Waals surface area (Å²) in [5.41, 5.74) is 2.41. The highest BCUT2D eigenvalue weighted by Gasteiger charge is 2.28. The zero-order valence-corrected chi connectivity index (χ0v) is 17.3. The molecule has 0 N–H and O–H groups in total. The minimum atomic E-state index is -0.576. The number of nitrogens with zero attached hydrogens (tertiary/aromatic N) is 3. The highest BCUT2D eigenvalue weighted by Crippen LogP contribution is 2.40. The second kappa shape index (κ2) is 8.43. The zero-order valence-electron chi connectivity index (χ0n) is 17.3. The van der Waals surface area contributed by atoms with Gasteiger partial charge < -0.3 is 18.8 Å². The summed E-state index contributed by atoms with van der Waals surface area (Å²) in [5.74, 6) is -0.237. The Morgan fingerprint density at radius 1 is 1.06 bits per heavy atom. The van der Waals surface area contributed by atoms with Crippen molar-refractivity contribution in [3.05, 3.63) is 71.9 Å². The molecule has 0 bridgehead atoms. The Morgan fingerprint density at radius 3 is 2.58 bits per heavy atom. The number of hydrogen-bond donors (Lipinski definition) is 0. The molecule has 0 saturated heterocycles. The van der Waals surface area contributed by atoms with Crippen molar-refractivity contribution in [3.63, 3.8) is 0 Å². The molecule has 7 nitrogen and oxygen atoms in total. The number of halogens is 1. The second-order valence-corrected chi connectivity index (χ2v) is 6.70. The molecule has 0 aliphatic rings. The van der Waals surface area contributed by atoms with Crippen LogP contribution in [-0.2, 0) is 11.3 Å². The van der Waals surface area contributed by atoms with Crippen molar-refractivity contribution in [3.8, 4) is 22.9 Å². The van der Waals surface area contributed by atoms with Crippen LogP contribution in [0.5, 0.6) is 11.8 Å². The van der Waals surface area contributed by atoms with Crippen LogP contribution in [0.4, 0.5) is 4.39 Å². The Morgan fingerprint density at radius 2 is 1.87 bits per heavy atom. The smallest absolute Gasteiger partial charge is 0.355 e. The Labute approximate surface area is 178 Å². The number of hydrogen-bond acceptors (Lipinski definition) is 6. The van der Waals surface area contributed by atoms with Gasteiger partial charge in [-0.05, 0) is 18.2 Å². The van der Waals surface area contributed by atoms with Gasteiger partial charge in [0.05, 0.1) is 39.6 Å². The first-order valence-electron chi connectivity index (χ1n) is 9.46. The van der Waals surface area contributed by atoms with Crippen LogP contribution in [0.1, 0.15) is 16.1 Å². The van der Waals surface area contributed by atoms with E-state index in [1.54, 1.807) is 53.4 Å². The van der Waals surface area contributed by atoms with Gasteiger partial charge in [0, 0.05) is 34.3 Å². The highest BCUT2D eigenvalue weighted by atomic mass is 19.1. The zero-order chi connectivity index (χ0) is 22.0. The van der Waals surface area contributed by atoms with E-state index in [1.165, 1.54) is 27.4 Å². The van der Waals surface area contributed by atoms with Crippen molar-refractivity contribution in [2.24, 2.45) is 0 Å². The lowest BCUT2D eigenvalue weighted by Crippen LogP contribution is -2.13. The molecule has 1 aromatic carbocycles. The molecule has 158 valence electrons. The molecule has 0 atom stereocenters. The minimum Gasteiger partial charge on any atom is -0.481 e. The Balaban J connectivity index is 2.10. The molecule has 0 amide bonds. The highest BCUT2D eigenvalue weighted by molar-refractivity contribution is 6.09. The van der Waals surface area contributed by atoms with Crippen molar-refractivity contribution in [2.45, 2.75) is 6.54 Å². The number of benzene rings is 1. The first-order chi connectivity index (χ1) is 15.1. The van der Waals surface area contributed by atoms with E-state index >= 15 is 0 Å². The number of rotatable bonds is 6. The molecule has 0 aliphatic heterocycles. The Bertz CT molecular complexity index is 1270. The number of esters is 1. The molecule has 0 aliphatic carbocycles. The Kier molecular flexibility index (Phi) is 5.53. The monoisotopic (exact) mass is 421 g/mol. The normalized spacial score (nSPS) is 10.8. The van der Waals surface area contributed by atoms with Crippen molar-refractivity contribution >= 4 is 16.9 Å². The summed E-state index contributed by atoms with van der Waals surface area (Å²) in [6.45, 7) is 0.101. The lowest BCUT2D eigenvalue weighted by atomic mass is 10.0. The third kappa shape index (κ3) is 3.56. The molecule has 0 fully saturated rings. The summed E-state index contributed by atoms with van der Waals surface area (Å²) >= 11 is 0. The predicted molar refractivity (Wildman–Crippen MR) is 113 cm³/mol. The first-order valence-corrected chi connectivity index (χ1v) is 9.46. The first kappa shape index (κ1) is 20.3. The number of aromatic nitrogens is 3. The largest absolute Gasteiger partial charge is 0.481 e. The maximum Gasteiger partial charge on any atom is 0.355 e. The molecule has 3 heterocycles. The predicted octanol–water partition coefficient (Wildman–Crippen LogP) is 4.09. The van der Waals surface area contributed by atoms with Crippen molar-refractivity contribution in [2.75, 3.05) is 21.3 Å². The van der Waals surface area contributed by atoms with Gasteiger partial charge in [-0.1, -0.05) is 18.2 Å². The summed E-state index contributed by atoms with van der Waals surface area (Å²) in [6.07, 6.45) is 3.19. The summed E-state index contributed by atoms with van der Waals surface area (Å²) in [4.78, 5) is 21.5. The average Bonchev–Trinajstić information content (AvgIpc) is 3.12. The van der Waals surface area contributed by atoms with Crippen LogP contribution in [0.15, 0.2) is 54.9 Å². The van der Waals surface area contributed by atoms with Gasteiger partial charge in [-0.25, -0.2) is 19.2 Å². The number of pyridine rings is 2. The van der Waals surface area contributed by atoms with E-state index in [1.807, 2.05) is 0 Å². The fourth-order valence-electron chi connectivity index (χ4n) is 3.63. The summed E-state index contributed by atoms with van der Waals surface area (Å²) in [6, 6.07) is 11.7. The molecule has 0 saturated carbocycles. The van der Waals surface area contributed by atoms with Crippen LogP contribution in [-0.4, -0.2) is 41.8 Å². The van der Waals surface area contributed by atoms with E-state index in [0.717, 1.165) is 0 Å². The average molecular weight is 421 g/mol. The lowest BCUT2D eigenvalue weighted by molar-refractivity contribution is 0.0590. The maximum atomic E-state index is 14.5. The third-order valence-electron chi connectivity index (χ3n) is 5.03. The quantitative estimate of drug-likeness (QED) is 0.437. The maximum absolute atomic E-state index is 14.5. The number of carbonyl (C=O) groups is 1. The number of ether oxygens (including phenoxy) is 3. The van der Waals surface area contributed by atoms with Crippen molar-refractivity contribution < 1.29 is 23.4 Å². The SMILES string of the molecule is COC(=O)c1c(-c2cccnc2OC)c2cc(OC)ncc2n1Cc1ccccc1F. The molecular formula is C23H20FN3O4. The van der Waals surface area contributed by atoms with Crippen molar-refractivity contribution in [1.82, 2.24) is 14.5 Å². The fourth-order valence-corrected chi connectivity index (χ4v) is 3.63. The fraction of sp³-hybridized carbons (Fsp3) is 0.174. The third-order valence-corrected chi connectivity index (χ3v) is 5.03. The molecule has 8 heteroatoms. The van der Waals surface area contributed by atoms with Crippen LogP contribution in [0.3, 0.4) is 0 Å². The van der Waals surface area contributed by atoms with E-state index in [2.05, 4.69) is 9.97 Å². The minimum absolute atomic E-state index is 0.101. The van der Waals surface area contributed by atoms with Crippen LogP contribution >= 0.6 is 0 Å². The van der Waals surface area contributed by atoms with E-state index in [0.29, 0.717) is 39.4 Å². The molecule has 4 rings (SSSR count). The molecule has 0 unspecified atom stereocenters. The summed E-state index contributed by atoms with van der Waals surface area (Å²) in [7, 11) is 4.32. The van der Waals surface area contributed by atoms with Gasteiger partial charge in [0.2, 0.25) is 11.8 Å². The second-order valence-electron chi connectivity index (χ2n) is 6.70. The molecule has 31 heavy (non-hydrogen) atoms. The van der Waals surface area contributed by atoms with Gasteiger partial charge in [-0.3, -0.25) is 0 Å². The number of methoxy groups -OCH3 is 3. The van der Waals surface area contributed by atoms with Crippen LogP contribution in [0, 0.1) is 5.82 Å². The van der Waals surface area contributed by atoms with Gasteiger partial charge in [-0.2, -0.15) is 0 Å². The standard InChI is InChI=1S/C23H20FN3O4/c1-29-19-11-16-18(12-26-19)27(13-14-7-4-5-9-17(14)24)21(23(28)31-3)20(16)15-8-6-10-25-22(15)30-2/h4-12H,13H2,1-3H3. The van der Waals surface area contributed by atoms with Gasteiger partial charge in [0.25, 0.3) is 0 Å². The van der Waals surface area contributed by atoms with E-state index in [9.17, 15) is 9.18 Å². The molecule has 0 spiro atoms. The van der Waals surface area contributed by atoms with E-state index in [4.69, 9.17) is 14.2 Å². The van der Waals surface area contributed by atoms with E-state index in [-0.39, 0.29) is 18.1 Å². The summed E-state index contributed by atoms with van der Waals surface area (Å²) in [5, 5.41) is 0.676. The van der Waals surface area contributed by atoms with Crippen LogP contribution < -0.4 is 9.47 Å². The topological polar surface area (TPSA) is 75.5 Å². The van der Waals surface area contributed by atoms with Gasteiger partial charge in [0.1, 0.15) is 11.5 Å². The van der Waals surface area contributed by atoms with Crippen LogP contribution in [0.25, 0.3) is 22.0 Å². The number of carbonyl (C=O) groups excluding carboxylic acids is 1. The van der Waals surface area contributed by atoms with Crippen LogP contribution in [0.2, 0.25) is 0 Å².